The highest BCUT2D eigenvalue weighted by Crippen LogP contribution is 2.03. The van der Waals surface area contributed by atoms with Crippen molar-refractivity contribution in [2.75, 3.05) is 14.1 Å². The second-order valence-electron chi connectivity index (χ2n) is 1.39. The van der Waals surface area contributed by atoms with Crippen molar-refractivity contribution in [2.24, 2.45) is 0 Å². The predicted octanol–water partition coefficient (Wildman–Crippen LogP) is -4.79. The number of rotatable bonds is 0. The van der Waals surface area contributed by atoms with E-state index in [1.54, 1.807) is 0 Å². The van der Waals surface area contributed by atoms with Gasteiger partial charge in [0.05, 0.1) is 0 Å². The molecular weight excluding hydrogens is 252 g/mol. The number of phosphoric acid groups is 2. The molecule has 0 radical (unpaired) electrons. The van der Waals surface area contributed by atoms with Crippen molar-refractivity contribution in [3.05, 3.63) is 0 Å². The van der Waals surface area contributed by atoms with Crippen LogP contribution in [0.5, 0.6) is 0 Å². The molecule has 9 nitrogen and oxygen atoms in total. The van der Waals surface area contributed by atoms with Crippen molar-refractivity contribution in [3.8, 4) is 0 Å². The van der Waals surface area contributed by atoms with Gasteiger partial charge in [-0.15, -0.1) is 0 Å². The lowest BCUT2D eigenvalue weighted by Gasteiger charge is -2.36. The van der Waals surface area contributed by atoms with Crippen LogP contribution in [-0.4, -0.2) is 14.1 Å². The van der Waals surface area contributed by atoms with E-state index in [1.165, 1.54) is 0 Å². The van der Waals surface area contributed by atoms with E-state index >= 15 is 0 Å². The highest BCUT2D eigenvalue weighted by Gasteiger charge is 1.45. The molecule has 15 heavy (non-hydrogen) atoms. The van der Waals surface area contributed by atoms with Gasteiger partial charge in [0.15, 0.2) is 0 Å². The maximum absolute atomic E-state index is 8.55. The van der Waals surface area contributed by atoms with Gasteiger partial charge in [-0.25, -0.2) is 0 Å². The maximum Gasteiger partial charge on any atom is -0.0167 e. The molecular formula is C4H13NO8P2-6. The molecule has 0 heterocycles. The Bertz CT molecular complexity index is 149. The van der Waals surface area contributed by atoms with E-state index in [2.05, 4.69) is 5.32 Å². The predicted molar refractivity (Wildman–Crippen MR) is 41.5 cm³/mol. The third-order valence-electron chi connectivity index (χ3n) is 0. The Hall–Kier alpha value is 0.180. The highest BCUT2D eigenvalue weighted by atomic mass is 31.2. The molecule has 0 atom stereocenters. The van der Waals surface area contributed by atoms with Crippen molar-refractivity contribution in [1.82, 2.24) is 5.32 Å². The maximum atomic E-state index is 8.55. The van der Waals surface area contributed by atoms with Crippen molar-refractivity contribution in [3.63, 3.8) is 0 Å². The molecule has 1 N–H and O–H groups in total. The van der Waals surface area contributed by atoms with Crippen molar-refractivity contribution < 1.29 is 38.5 Å². The monoisotopic (exact) mass is 265 g/mol. The first-order valence-electron chi connectivity index (χ1n) is 3.46. The molecule has 0 aliphatic carbocycles. The molecule has 0 aromatic rings. The Morgan fingerprint density at radius 1 is 0.733 bits per heavy atom. The van der Waals surface area contributed by atoms with Crippen LogP contribution in [0.25, 0.3) is 0 Å². The van der Waals surface area contributed by atoms with Gasteiger partial charge in [-0.2, -0.15) is 15.6 Å². The highest BCUT2D eigenvalue weighted by molar-refractivity contribution is 7.40. The lowest BCUT2D eigenvalue weighted by Crippen LogP contribution is -2.24. The number of hydrogen-bond donors (Lipinski definition) is 1. The smallest absolute Gasteiger partial charge is 0.0167 e. The van der Waals surface area contributed by atoms with Gasteiger partial charge in [-0.1, -0.05) is 13.8 Å². The van der Waals surface area contributed by atoms with E-state index in [1.807, 2.05) is 27.9 Å². The van der Waals surface area contributed by atoms with Gasteiger partial charge in [-0.05, 0) is 14.1 Å². The summed E-state index contributed by atoms with van der Waals surface area (Å²) in [6.07, 6.45) is 0. The molecule has 0 bridgehead atoms. The van der Waals surface area contributed by atoms with Crippen LogP contribution in [0, 0.1) is 0 Å². The number of hydrogen-bond acceptors (Lipinski definition) is 9. The third kappa shape index (κ3) is 64900. The number of nitrogens with one attached hydrogen (secondary N) is 1. The Kier molecular flexibility index (Phi) is 23.1. The van der Waals surface area contributed by atoms with Gasteiger partial charge >= 0.3 is 0 Å². The van der Waals surface area contributed by atoms with Crippen LogP contribution in [0.4, 0.5) is 0 Å². The molecule has 0 saturated heterocycles. The zero-order valence-electron chi connectivity index (χ0n) is 8.66. The first-order chi connectivity index (χ1) is 6.41. The van der Waals surface area contributed by atoms with Crippen LogP contribution in [-0.2, 0) is 9.13 Å². The summed E-state index contributed by atoms with van der Waals surface area (Å²) in [5, 5.41) is 2.75. The normalized spacial score (nSPS) is 9.47. The van der Waals surface area contributed by atoms with Gasteiger partial charge in [0, 0.05) is 0 Å². The van der Waals surface area contributed by atoms with E-state index in [0.717, 1.165) is 0 Å². The molecule has 0 fully saturated rings. The van der Waals surface area contributed by atoms with Crippen molar-refractivity contribution in [1.29, 1.82) is 0 Å². The molecule has 0 aromatic heterocycles. The van der Waals surface area contributed by atoms with E-state index in [9.17, 15) is 0 Å². The van der Waals surface area contributed by atoms with E-state index in [4.69, 9.17) is 38.5 Å². The van der Waals surface area contributed by atoms with Crippen LogP contribution in [0.2, 0.25) is 0 Å². The second kappa shape index (κ2) is 14.2. The topological polar surface area (TPSA) is 185 Å². The molecule has 0 rings (SSSR count). The van der Waals surface area contributed by atoms with Crippen LogP contribution >= 0.6 is 15.6 Å². The molecule has 0 amide bonds. The van der Waals surface area contributed by atoms with E-state index < -0.39 is 15.6 Å². The summed E-state index contributed by atoms with van der Waals surface area (Å²) in [5.41, 5.74) is 0. The fourth-order valence-corrected chi connectivity index (χ4v) is 0. The zero-order valence-corrected chi connectivity index (χ0v) is 10.4. The molecule has 11 heteroatoms. The van der Waals surface area contributed by atoms with E-state index in [0.29, 0.717) is 0 Å². The molecule has 0 unspecified atom stereocenters. The van der Waals surface area contributed by atoms with Gasteiger partial charge in [0.2, 0.25) is 0 Å². The van der Waals surface area contributed by atoms with Gasteiger partial charge < -0.3 is 43.8 Å². The average Bonchev–Trinajstić information content (AvgIpc) is 1.84. The summed E-state index contributed by atoms with van der Waals surface area (Å²) in [7, 11) is -7.03. The summed E-state index contributed by atoms with van der Waals surface area (Å²) in [5.74, 6) is 0. The second-order valence-corrected chi connectivity index (χ2v) is 3.18. The SMILES string of the molecule is CC.CNC.O=P([O-])([O-])[O-].O=P([O-])([O-])[O-]. The van der Waals surface area contributed by atoms with Gasteiger partial charge in [-0.3, -0.25) is 0 Å². The summed E-state index contributed by atoms with van der Waals surface area (Å²) in [6, 6.07) is 0. The van der Waals surface area contributed by atoms with Gasteiger partial charge in [0.1, 0.15) is 0 Å². The van der Waals surface area contributed by atoms with E-state index in [-0.39, 0.29) is 0 Å². The molecule has 0 aliphatic heterocycles. The standard InChI is InChI=1S/C2H7N.C2H6.2H3O4P/c1-3-2;1-2;2*1-5(2,3)4/h3H,1-2H3;1-2H3;2*(H3,1,2,3,4)/p-6. The van der Waals surface area contributed by atoms with Crippen molar-refractivity contribution in [2.45, 2.75) is 13.8 Å². The van der Waals surface area contributed by atoms with Crippen LogP contribution in [0.1, 0.15) is 13.8 Å². The molecule has 0 aliphatic rings. The minimum Gasteiger partial charge on any atom is -0.822 e. The Balaban J connectivity index is -0.0000000574. The Morgan fingerprint density at radius 3 is 0.733 bits per heavy atom. The van der Waals surface area contributed by atoms with Gasteiger partial charge in [0.25, 0.3) is 0 Å². The summed E-state index contributed by atoms with van der Waals surface area (Å²) >= 11 is 0. The molecule has 0 spiro atoms. The summed E-state index contributed by atoms with van der Waals surface area (Å²) in [6.45, 7) is 4.00. The Labute approximate surface area is 88.3 Å². The average molecular weight is 265 g/mol. The first kappa shape index (κ1) is 24.4. The fraction of sp³-hybridized carbons (Fsp3) is 1.00. The van der Waals surface area contributed by atoms with Crippen LogP contribution in [0.15, 0.2) is 0 Å². The Morgan fingerprint density at radius 2 is 0.733 bits per heavy atom. The van der Waals surface area contributed by atoms with Crippen LogP contribution < -0.4 is 34.7 Å². The quantitative estimate of drug-likeness (QED) is 0.419. The molecule has 0 aromatic carbocycles. The zero-order chi connectivity index (χ0) is 13.7. The fourth-order valence-electron chi connectivity index (χ4n) is 0. The summed E-state index contributed by atoms with van der Waals surface area (Å²) < 4.78 is 17.1. The largest absolute Gasteiger partial charge is 0.822 e. The lowest BCUT2D eigenvalue weighted by molar-refractivity contribution is -0.434. The molecule has 0 saturated carbocycles. The van der Waals surface area contributed by atoms with Crippen molar-refractivity contribution >= 4 is 15.6 Å². The minimum absolute atomic E-state index is 1.88. The molecule has 98 valence electrons. The first-order valence-corrected chi connectivity index (χ1v) is 6.38. The van der Waals surface area contributed by atoms with Crippen LogP contribution in [0.3, 0.4) is 0 Å². The minimum atomic E-state index is -5.39. The summed E-state index contributed by atoms with van der Waals surface area (Å²) in [4.78, 5) is 51.3. The lowest BCUT2D eigenvalue weighted by atomic mass is 11.0. The third-order valence-corrected chi connectivity index (χ3v) is 0.